The van der Waals surface area contributed by atoms with Crippen molar-refractivity contribution in [2.75, 3.05) is 20.3 Å². The van der Waals surface area contributed by atoms with Crippen molar-refractivity contribution in [3.8, 4) is 0 Å². The zero-order valence-corrected chi connectivity index (χ0v) is 11.6. The van der Waals surface area contributed by atoms with Crippen LogP contribution in [0.3, 0.4) is 0 Å². The van der Waals surface area contributed by atoms with Gasteiger partial charge >= 0.3 is 0 Å². The van der Waals surface area contributed by atoms with E-state index in [1.54, 1.807) is 7.11 Å². The maximum absolute atomic E-state index is 10.1. The lowest BCUT2D eigenvalue weighted by Gasteiger charge is -2.19. The molecule has 0 saturated heterocycles. The van der Waals surface area contributed by atoms with Crippen molar-refractivity contribution in [1.29, 1.82) is 0 Å². The third kappa shape index (κ3) is 4.26. The van der Waals surface area contributed by atoms with E-state index in [2.05, 4.69) is 15.6 Å². The molecule has 108 valence electrons. The first-order valence-corrected chi connectivity index (χ1v) is 7.09. The van der Waals surface area contributed by atoms with E-state index >= 15 is 0 Å². The van der Waals surface area contributed by atoms with E-state index in [4.69, 9.17) is 4.74 Å². The number of methoxy groups -OCH3 is 1. The highest BCUT2D eigenvalue weighted by molar-refractivity contribution is 4.94. The van der Waals surface area contributed by atoms with Crippen LogP contribution in [0.5, 0.6) is 0 Å². The van der Waals surface area contributed by atoms with Gasteiger partial charge in [0.2, 0.25) is 0 Å². The molecule has 2 rings (SSSR count). The van der Waals surface area contributed by atoms with Gasteiger partial charge in [0.15, 0.2) is 0 Å². The lowest BCUT2D eigenvalue weighted by Crippen LogP contribution is -2.23. The number of nitrogens with one attached hydrogen (secondary N) is 1. The smallest absolute Gasteiger partial charge is 0.0965 e. The zero-order valence-electron chi connectivity index (χ0n) is 11.6. The molecule has 0 spiro atoms. The van der Waals surface area contributed by atoms with Crippen molar-refractivity contribution in [3.05, 3.63) is 11.9 Å². The largest absolute Gasteiger partial charge is 0.391 e. The molecule has 1 heterocycles. The highest BCUT2D eigenvalue weighted by Crippen LogP contribution is 2.26. The lowest BCUT2D eigenvalue weighted by atomic mass is 10.1. The second-order valence-corrected chi connectivity index (χ2v) is 5.13. The number of ether oxygens (including phenoxy) is 1. The maximum Gasteiger partial charge on any atom is 0.0965 e. The summed E-state index contributed by atoms with van der Waals surface area (Å²) < 4.78 is 6.81. The Labute approximate surface area is 114 Å². The summed E-state index contributed by atoms with van der Waals surface area (Å²) in [5, 5.41) is 21.7. The summed E-state index contributed by atoms with van der Waals surface area (Å²) in [5.41, 5.74) is 0.910. The summed E-state index contributed by atoms with van der Waals surface area (Å²) >= 11 is 0. The van der Waals surface area contributed by atoms with Gasteiger partial charge in [-0.25, -0.2) is 4.68 Å². The summed E-state index contributed by atoms with van der Waals surface area (Å²) in [5.74, 6) is 0. The van der Waals surface area contributed by atoms with Crippen molar-refractivity contribution in [2.45, 2.75) is 50.8 Å². The molecule has 1 fully saturated rings. The molecule has 0 radical (unpaired) electrons. The minimum absolute atomic E-state index is 0.0859. The van der Waals surface area contributed by atoms with Crippen LogP contribution in [-0.4, -0.2) is 46.5 Å². The Morgan fingerprint density at radius 1 is 1.42 bits per heavy atom. The normalized spacial score (nSPS) is 24.3. The van der Waals surface area contributed by atoms with Gasteiger partial charge in [-0.2, -0.15) is 0 Å². The molecule has 0 aliphatic heterocycles. The van der Waals surface area contributed by atoms with Crippen molar-refractivity contribution < 1.29 is 9.84 Å². The Hall–Kier alpha value is -0.980. The van der Waals surface area contributed by atoms with Crippen LogP contribution in [0, 0.1) is 0 Å². The molecule has 0 bridgehead atoms. The molecule has 6 nitrogen and oxygen atoms in total. The third-order valence-electron chi connectivity index (χ3n) is 3.63. The van der Waals surface area contributed by atoms with Gasteiger partial charge in [0, 0.05) is 20.2 Å². The van der Waals surface area contributed by atoms with Crippen molar-refractivity contribution in [2.24, 2.45) is 0 Å². The zero-order chi connectivity index (χ0) is 13.5. The SMILES string of the molecule is COCCNCc1cn(C2CCCCCC2O)nn1. The van der Waals surface area contributed by atoms with E-state index in [9.17, 15) is 5.11 Å². The van der Waals surface area contributed by atoms with E-state index in [-0.39, 0.29) is 12.1 Å². The highest BCUT2D eigenvalue weighted by Gasteiger charge is 2.24. The maximum atomic E-state index is 10.1. The molecule has 1 aliphatic carbocycles. The van der Waals surface area contributed by atoms with Gasteiger partial charge in [-0.15, -0.1) is 5.10 Å². The van der Waals surface area contributed by atoms with Gasteiger partial charge in [0.05, 0.1) is 30.6 Å². The third-order valence-corrected chi connectivity index (χ3v) is 3.63. The number of hydrogen-bond acceptors (Lipinski definition) is 5. The van der Waals surface area contributed by atoms with E-state index in [1.165, 1.54) is 6.42 Å². The van der Waals surface area contributed by atoms with Crippen molar-refractivity contribution >= 4 is 0 Å². The standard InChI is InChI=1S/C13H24N4O2/c1-19-8-7-14-9-11-10-17(16-15-11)12-5-3-2-4-6-13(12)18/h10,12-14,18H,2-9H2,1H3. The van der Waals surface area contributed by atoms with Crippen LogP contribution in [0.2, 0.25) is 0 Å². The van der Waals surface area contributed by atoms with Gasteiger partial charge in [0.1, 0.15) is 0 Å². The molecule has 0 amide bonds. The molecule has 0 aromatic carbocycles. The van der Waals surface area contributed by atoms with E-state index < -0.39 is 0 Å². The lowest BCUT2D eigenvalue weighted by molar-refractivity contribution is 0.0980. The van der Waals surface area contributed by atoms with Gasteiger partial charge in [-0.05, 0) is 12.8 Å². The minimum Gasteiger partial charge on any atom is -0.391 e. The van der Waals surface area contributed by atoms with Crippen LogP contribution in [-0.2, 0) is 11.3 Å². The number of aliphatic hydroxyl groups excluding tert-OH is 1. The summed E-state index contributed by atoms with van der Waals surface area (Å²) in [7, 11) is 1.69. The second kappa shape index (κ2) is 7.57. The van der Waals surface area contributed by atoms with E-state index in [0.717, 1.165) is 37.9 Å². The van der Waals surface area contributed by atoms with E-state index in [1.807, 2.05) is 10.9 Å². The molecule has 2 N–H and O–H groups in total. The predicted molar refractivity (Wildman–Crippen MR) is 71.7 cm³/mol. The minimum atomic E-state index is -0.293. The average Bonchev–Trinajstić information content (AvgIpc) is 2.77. The Bertz CT molecular complexity index is 369. The molecule has 2 unspecified atom stereocenters. The van der Waals surface area contributed by atoms with Gasteiger partial charge in [0.25, 0.3) is 0 Å². The first-order chi connectivity index (χ1) is 9.31. The fourth-order valence-corrected chi connectivity index (χ4v) is 2.52. The number of aromatic nitrogens is 3. The van der Waals surface area contributed by atoms with Gasteiger partial charge in [-0.3, -0.25) is 0 Å². The van der Waals surface area contributed by atoms with Crippen molar-refractivity contribution in [1.82, 2.24) is 20.3 Å². The number of aliphatic hydroxyl groups is 1. The van der Waals surface area contributed by atoms with Crippen LogP contribution >= 0.6 is 0 Å². The summed E-state index contributed by atoms with van der Waals surface area (Å²) in [6.07, 6.45) is 6.97. The van der Waals surface area contributed by atoms with E-state index in [0.29, 0.717) is 13.2 Å². The Balaban J connectivity index is 1.88. The number of hydrogen-bond donors (Lipinski definition) is 2. The Morgan fingerprint density at radius 3 is 3.11 bits per heavy atom. The fourth-order valence-electron chi connectivity index (χ4n) is 2.52. The number of nitrogens with zero attached hydrogens (tertiary/aromatic N) is 3. The molecular formula is C13H24N4O2. The molecule has 1 aromatic heterocycles. The van der Waals surface area contributed by atoms with Gasteiger partial charge in [-0.1, -0.05) is 24.5 Å². The van der Waals surface area contributed by atoms with Crippen LogP contribution in [0.15, 0.2) is 6.20 Å². The average molecular weight is 268 g/mol. The van der Waals surface area contributed by atoms with Crippen LogP contribution in [0.4, 0.5) is 0 Å². The molecule has 2 atom stereocenters. The summed E-state index contributed by atoms with van der Waals surface area (Å²) in [6.45, 7) is 2.18. The summed E-state index contributed by atoms with van der Waals surface area (Å²) in [4.78, 5) is 0. The fraction of sp³-hybridized carbons (Fsp3) is 0.846. The Kier molecular flexibility index (Phi) is 5.75. The quantitative estimate of drug-likeness (QED) is 0.592. The topological polar surface area (TPSA) is 72.2 Å². The Morgan fingerprint density at radius 2 is 2.26 bits per heavy atom. The van der Waals surface area contributed by atoms with Crippen molar-refractivity contribution in [3.63, 3.8) is 0 Å². The predicted octanol–water partition coefficient (Wildman–Crippen LogP) is 0.880. The second-order valence-electron chi connectivity index (χ2n) is 5.13. The van der Waals surface area contributed by atoms with Crippen LogP contribution in [0.25, 0.3) is 0 Å². The van der Waals surface area contributed by atoms with Gasteiger partial charge < -0.3 is 15.2 Å². The molecule has 6 heteroatoms. The molecule has 19 heavy (non-hydrogen) atoms. The molecule has 1 aromatic rings. The number of rotatable bonds is 6. The molecule has 1 aliphatic rings. The highest BCUT2D eigenvalue weighted by atomic mass is 16.5. The molecule has 1 saturated carbocycles. The van der Waals surface area contributed by atoms with Crippen LogP contribution < -0.4 is 5.32 Å². The monoisotopic (exact) mass is 268 g/mol. The molecular weight excluding hydrogens is 244 g/mol. The summed E-state index contributed by atoms with van der Waals surface area (Å²) in [6, 6.07) is 0.0859. The first-order valence-electron chi connectivity index (χ1n) is 7.09. The van der Waals surface area contributed by atoms with Crippen LogP contribution in [0.1, 0.15) is 43.8 Å². The first kappa shape index (κ1) is 14.4.